The van der Waals surface area contributed by atoms with Gasteiger partial charge in [-0.3, -0.25) is 0 Å². The third-order valence-corrected chi connectivity index (χ3v) is 4.75. The van der Waals surface area contributed by atoms with E-state index in [2.05, 4.69) is 6.58 Å². The summed E-state index contributed by atoms with van der Waals surface area (Å²) in [4.78, 5) is 35.9. The quantitative estimate of drug-likeness (QED) is 0.472. The van der Waals surface area contributed by atoms with Crippen molar-refractivity contribution in [2.75, 3.05) is 0 Å². The van der Waals surface area contributed by atoms with Crippen LogP contribution in [0.2, 0.25) is 0 Å². The number of fused-ring (bicyclic) bond motifs is 1. The minimum atomic E-state index is -1.07. The van der Waals surface area contributed by atoms with E-state index in [0.717, 1.165) is 5.57 Å². The second-order valence-electron chi connectivity index (χ2n) is 6.63. The van der Waals surface area contributed by atoms with Crippen LogP contribution in [0.15, 0.2) is 47.1 Å². The fraction of sp³-hybridized carbons (Fsp3) is 0.450. The Morgan fingerprint density at radius 2 is 2.12 bits per heavy atom. The van der Waals surface area contributed by atoms with Crippen LogP contribution in [0.25, 0.3) is 0 Å². The molecule has 140 valence electrons. The maximum Gasteiger partial charge on any atom is 0.334 e. The Balaban J connectivity index is 2.46. The number of hydrogen-bond acceptors (Lipinski definition) is 5. The molecule has 0 amide bonds. The van der Waals surface area contributed by atoms with Crippen LogP contribution in [0.1, 0.15) is 40.0 Å². The van der Waals surface area contributed by atoms with Gasteiger partial charge in [0.05, 0.1) is 5.92 Å². The van der Waals surface area contributed by atoms with Gasteiger partial charge in [0.1, 0.15) is 12.2 Å². The fourth-order valence-electron chi connectivity index (χ4n) is 3.08. The topological polar surface area (TPSA) is 89.9 Å². The van der Waals surface area contributed by atoms with Gasteiger partial charge in [-0.25, -0.2) is 14.4 Å². The molecule has 2 aliphatic rings. The molecule has 0 aromatic carbocycles. The van der Waals surface area contributed by atoms with E-state index in [0.29, 0.717) is 18.4 Å². The summed E-state index contributed by atoms with van der Waals surface area (Å²) in [6, 6.07) is 0. The average Bonchev–Trinajstić information content (AvgIpc) is 2.85. The Morgan fingerprint density at radius 3 is 2.73 bits per heavy atom. The predicted octanol–water partition coefficient (Wildman–Crippen LogP) is 3.10. The van der Waals surface area contributed by atoms with Gasteiger partial charge < -0.3 is 14.6 Å². The number of allylic oxidation sites excluding steroid dienone is 3. The first-order chi connectivity index (χ1) is 12.2. The Morgan fingerprint density at radius 1 is 1.42 bits per heavy atom. The van der Waals surface area contributed by atoms with Gasteiger partial charge in [-0.1, -0.05) is 24.3 Å². The SMILES string of the molecule is C=C1C(=O)O[C@@H]2/C=C(\C)CCC=C(C(=O)O)C[C@@H](OC(=O)/C(C)=C\C)[C@@H]12. The first-order valence-corrected chi connectivity index (χ1v) is 8.57. The molecule has 0 unspecified atom stereocenters. The molecule has 1 heterocycles. The van der Waals surface area contributed by atoms with E-state index in [-0.39, 0.29) is 17.6 Å². The summed E-state index contributed by atoms with van der Waals surface area (Å²) in [6.45, 7) is 9.01. The fourth-order valence-corrected chi connectivity index (χ4v) is 3.08. The van der Waals surface area contributed by atoms with Crippen molar-refractivity contribution in [2.24, 2.45) is 5.92 Å². The van der Waals surface area contributed by atoms with Crippen molar-refractivity contribution < 1.29 is 29.0 Å². The molecule has 3 atom stereocenters. The standard InChI is InChI=1S/C20H24O6/c1-5-12(3)19(23)25-16-10-14(18(21)22)8-6-7-11(2)9-15-17(16)13(4)20(24)26-15/h5,8-9,15-17H,4,6-7,10H2,1-3H3,(H,21,22)/b11-9+,12-5-,14-8?/t15-,16-,17+/m1/s1. The Labute approximate surface area is 152 Å². The summed E-state index contributed by atoms with van der Waals surface area (Å²) < 4.78 is 11.0. The molecule has 0 spiro atoms. The number of carbonyl (C=O) groups excluding carboxylic acids is 2. The first-order valence-electron chi connectivity index (χ1n) is 8.57. The van der Waals surface area contributed by atoms with E-state index in [1.807, 2.05) is 13.0 Å². The zero-order valence-corrected chi connectivity index (χ0v) is 15.3. The van der Waals surface area contributed by atoms with E-state index in [9.17, 15) is 19.5 Å². The minimum Gasteiger partial charge on any atom is -0.478 e. The summed E-state index contributed by atoms with van der Waals surface area (Å²) >= 11 is 0. The Hall–Kier alpha value is -2.63. The molecule has 0 saturated carbocycles. The van der Waals surface area contributed by atoms with Gasteiger partial charge in [-0.05, 0) is 39.7 Å². The summed E-state index contributed by atoms with van der Waals surface area (Å²) in [5, 5.41) is 9.49. The van der Waals surface area contributed by atoms with E-state index >= 15 is 0 Å². The molecular weight excluding hydrogens is 336 g/mol. The van der Waals surface area contributed by atoms with Crippen molar-refractivity contribution in [3.63, 3.8) is 0 Å². The number of hydrogen-bond donors (Lipinski definition) is 1. The second-order valence-corrected chi connectivity index (χ2v) is 6.63. The highest BCUT2D eigenvalue weighted by molar-refractivity contribution is 5.92. The van der Waals surface area contributed by atoms with E-state index in [1.165, 1.54) is 0 Å². The molecular formula is C20H24O6. The summed E-state index contributed by atoms with van der Waals surface area (Å²) in [7, 11) is 0. The summed E-state index contributed by atoms with van der Waals surface area (Å²) in [5.74, 6) is -2.78. The predicted molar refractivity (Wildman–Crippen MR) is 95.1 cm³/mol. The van der Waals surface area contributed by atoms with Crippen molar-refractivity contribution in [2.45, 2.75) is 52.2 Å². The first kappa shape index (κ1) is 19.7. The number of ether oxygens (including phenoxy) is 2. The van der Waals surface area contributed by atoms with Gasteiger partial charge >= 0.3 is 17.9 Å². The number of aliphatic carboxylic acids is 1. The highest BCUT2D eigenvalue weighted by Crippen LogP contribution is 2.36. The number of rotatable bonds is 3. The van der Waals surface area contributed by atoms with E-state index in [1.54, 1.807) is 26.0 Å². The van der Waals surface area contributed by atoms with Crippen molar-refractivity contribution in [1.29, 1.82) is 0 Å². The number of carbonyl (C=O) groups is 3. The third kappa shape index (κ3) is 4.31. The molecule has 0 bridgehead atoms. The molecule has 2 rings (SSSR count). The molecule has 26 heavy (non-hydrogen) atoms. The van der Waals surface area contributed by atoms with Gasteiger partial charge in [0, 0.05) is 23.1 Å². The molecule has 1 fully saturated rings. The van der Waals surface area contributed by atoms with Crippen LogP contribution in [0.5, 0.6) is 0 Å². The molecule has 1 aliphatic heterocycles. The van der Waals surface area contributed by atoms with Crippen LogP contribution in [-0.4, -0.2) is 35.2 Å². The highest BCUT2D eigenvalue weighted by atomic mass is 16.6. The van der Waals surface area contributed by atoms with Gasteiger partial charge in [-0.15, -0.1) is 0 Å². The zero-order valence-electron chi connectivity index (χ0n) is 15.3. The van der Waals surface area contributed by atoms with Crippen LogP contribution < -0.4 is 0 Å². The maximum atomic E-state index is 12.3. The Kier molecular flexibility index (Phi) is 6.18. The van der Waals surface area contributed by atoms with Crippen molar-refractivity contribution in [1.82, 2.24) is 0 Å². The van der Waals surface area contributed by atoms with Crippen LogP contribution in [0.3, 0.4) is 0 Å². The van der Waals surface area contributed by atoms with Crippen LogP contribution >= 0.6 is 0 Å². The maximum absolute atomic E-state index is 12.3. The molecule has 0 aromatic rings. The summed E-state index contributed by atoms with van der Waals surface area (Å²) in [5.41, 5.74) is 1.73. The lowest BCUT2D eigenvalue weighted by Gasteiger charge is -2.27. The van der Waals surface area contributed by atoms with Crippen LogP contribution in [0, 0.1) is 5.92 Å². The van der Waals surface area contributed by atoms with Gasteiger partial charge in [0.15, 0.2) is 0 Å². The molecule has 0 radical (unpaired) electrons. The number of esters is 2. The largest absolute Gasteiger partial charge is 0.478 e. The van der Waals surface area contributed by atoms with Crippen molar-refractivity contribution in [3.8, 4) is 0 Å². The van der Waals surface area contributed by atoms with Gasteiger partial charge in [0.25, 0.3) is 0 Å². The molecule has 6 nitrogen and oxygen atoms in total. The van der Waals surface area contributed by atoms with Crippen molar-refractivity contribution in [3.05, 3.63) is 47.1 Å². The van der Waals surface area contributed by atoms with Crippen LogP contribution in [0.4, 0.5) is 0 Å². The highest BCUT2D eigenvalue weighted by Gasteiger charge is 2.45. The lowest BCUT2D eigenvalue weighted by molar-refractivity contribution is -0.148. The van der Waals surface area contributed by atoms with Gasteiger partial charge in [-0.2, -0.15) is 0 Å². The van der Waals surface area contributed by atoms with E-state index in [4.69, 9.17) is 9.47 Å². The molecule has 1 saturated heterocycles. The lowest BCUT2D eigenvalue weighted by atomic mass is 9.85. The summed E-state index contributed by atoms with van der Waals surface area (Å²) in [6.07, 6.45) is 4.81. The average molecular weight is 360 g/mol. The number of carboxylic acids is 1. The smallest absolute Gasteiger partial charge is 0.334 e. The van der Waals surface area contributed by atoms with E-state index < -0.39 is 36.0 Å². The molecule has 1 aliphatic carbocycles. The van der Waals surface area contributed by atoms with Gasteiger partial charge in [0.2, 0.25) is 0 Å². The molecule has 6 heteroatoms. The van der Waals surface area contributed by atoms with Crippen LogP contribution in [-0.2, 0) is 23.9 Å². The minimum absolute atomic E-state index is 0.0121. The van der Waals surface area contributed by atoms with Crippen molar-refractivity contribution >= 4 is 17.9 Å². The monoisotopic (exact) mass is 360 g/mol. The third-order valence-electron chi connectivity index (χ3n) is 4.75. The molecule has 1 N–H and O–H groups in total. The normalized spacial score (nSPS) is 29.0. The molecule has 0 aromatic heterocycles. The lowest BCUT2D eigenvalue weighted by Crippen LogP contribution is -2.34. The number of carboxylic acid groups (broad SMARTS) is 1. The second kappa shape index (κ2) is 8.17. The Bertz CT molecular complexity index is 725. The zero-order chi connectivity index (χ0) is 19.4.